The highest BCUT2D eigenvalue weighted by atomic mass is 19.2. The molecule has 0 fully saturated rings. The molecule has 16 nitrogen and oxygen atoms in total. The predicted molar refractivity (Wildman–Crippen MR) is 217 cm³/mol. The van der Waals surface area contributed by atoms with E-state index in [-0.39, 0.29) is 49.5 Å². The molecule has 26 heteroatoms. The smallest absolute Gasteiger partial charge is 0.239 e. The lowest BCUT2D eigenvalue weighted by atomic mass is 10.0. The molecule has 0 saturated heterocycles. The molecule has 0 amide bonds. The van der Waals surface area contributed by atoms with Crippen LogP contribution in [0.4, 0.5) is 49.6 Å². The fourth-order valence-electron chi connectivity index (χ4n) is 7.22. The Balaban J connectivity index is 1.31. The molecule has 0 aliphatic carbocycles. The first-order valence-corrected chi connectivity index (χ1v) is 19.1. The van der Waals surface area contributed by atoms with Crippen LogP contribution >= 0.6 is 0 Å². The molecular formula is C46H6F10N16. The van der Waals surface area contributed by atoms with E-state index in [1.54, 1.807) is 6.07 Å². The van der Waals surface area contributed by atoms with Gasteiger partial charge in [-0.1, -0.05) is 6.07 Å². The van der Waals surface area contributed by atoms with E-state index in [9.17, 15) is 65.0 Å². The molecule has 0 N–H and O–H groups in total. The first kappa shape index (κ1) is 46.0. The van der Waals surface area contributed by atoms with Crippen LogP contribution in [0.15, 0.2) is 89.5 Å². The molecule has 0 spiro atoms. The van der Waals surface area contributed by atoms with Gasteiger partial charge in [0.05, 0.1) is 69.5 Å². The van der Waals surface area contributed by atoms with Crippen molar-refractivity contribution in [3.05, 3.63) is 206 Å². The highest BCUT2D eigenvalue weighted by Gasteiger charge is 2.33. The minimum atomic E-state index is -2.51. The maximum absolute atomic E-state index is 14.9. The Kier molecular flexibility index (Phi) is 11.0. The predicted octanol–water partition coefficient (Wildman–Crippen LogP) is 6.07. The molecule has 3 aliphatic heterocycles. The van der Waals surface area contributed by atoms with Crippen molar-refractivity contribution in [1.82, 2.24) is 15.0 Å². The van der Waals surface area contributed by atoms with Crippen molar-refractivity contribution in [2.75, 3.05) is 0 Å². The summed E-state index contributed by atoms with van der Waals surface area (Å²) in [5, 5.41) is 38.9. The van der Waals surface area contributed by atoms with Gasteiger partial charge in [0.1, 0.15) is 34.5 Å². The first-order valence-electron chi connectivity index (χ1n) is 19.1. The van der Waals surface area contributed by atoms with Crippen LogP contribution in [0.2, 0.25) is 0 Å². The van der Waals surface area contributed by atoms with E-state index >= 15 is 0 Å². The Labute approximate surface area is 390 Å². The molecule has 0 bridgehead atoms. The van der Waals surface area contributed by atoms with Crippen LogP contribution in [0.5, 0.6) is 0 Å². The molecule has 9 rings (SSSR count). The van der Waals surface area contributed by atoms with Crippen LogP contribution < -0.4 is 32.1 Å². The Morgan fingerprint density at radius 1 is 0.431 bits per heavy atom. The Bertz CT molecular complexity index is 4210. The van der Waals surface area contributed by atoms with Gasteiger partial charge in [-0.2, -0.15) is 15.8 Å². The van der Waals surface area contributed by atoms with Crippen molar-refractivity contribution < 1.29 is 43.9 Å². The molecule has 0 unspecified atom stereocenters. The zero-order valence-electron chi connectivity index (χ0n) is 34.4. The van der Waals surface area contributed by atoms with Crippen LogP contribution in [-0.4, -0.2) is 15.0 Å². The number of nitrogens with zero attached hydrogens (tertiary/aromatic N) is 16. The molecule has 4 heterocycles. The molecule has 0 atom stereocenters. The maximum atomic E-state index is 14.9. The van der Waals surface area contributed by atoms with E-state index in [2.05, 4.69) is 59.4 Å². The van der Waals surface area contributed by atoms with Gasteiger partial charge >= 0.3 is 5.70 Å². The molecule has 72 heavy (non-hydrogen) atoms. The third kappa shape index (κ3) is 6.83. The SMILES string of the molecule is [C-]#[N+]/C(=C1/N=c2ccc(-c3nc(-c4ccc5c(c4C#N)=N/C(=C(\C#N)[N+]#[C-])N=5)nc(-c4ccc5c(c4[N+]#[C-])=N/C(=C(\C#N)c4c(F)c(F)c(F)c(F)c4F)N=5)n3)c(C#N)c2=N1)c1c(F)c(F)c(F)c(F)c1F. The van der Waals surface area contributed by atoms with Crippen LogP contribution in [-0.2, 0) is 0 Å². The van der Waals surface area contributed by atoms with E-state index in [1.807, 2.05) is 12.1 Å². The lowest BCUT2D eigenvalue weighted by Crippen LogP contribution is -2.26. The van der Waals surface area contributed by atoms with Gasteiger partial charge in [0, 0.05) is 16.7 Å². The second-order valence-electron chi connectivity index (χ2n) is 14.2. The summed E-state index contributed by atoms with van der Waals surface area (Å²) >= 11 is 0. The van der Waals surface area contributed by atoms with Crippen LogP contribution in [0, 0.1) is 123 Å². The zero-order chi connectivity index (χ0) is 51.6. The second kappa shape index (κ2) is 17.2. The van der Waals surface area contributed by atoms with Crippen molar-refractivity contribution in [3.63, 3.8) is 0 Å². The summed E-state index contributed by atoms with van der Waals surface area (Å²) in [6.07, 6.45) is 0. The summed E-state index contributed by atoms with van der Waals surface area (Å²) in [5.41, 5.74) is -8.30. The van der Waals surface area contributed by atoms with Gasteiger partial charge in [-0.05, 0) is 30.3 Å². The minimum absolute atomic E-state index is 0.0335. The van der Waals surface area contributed by atoms with E-state index in [1.165, 1.54) is 24.3 Å². The fourth-order valence-corrected chi connectivity index (χ4v) is 7.22. The van der Waals surface area contributed by atoms with Crippen LogP contribution in [0.3, 0.4) is 0 Å². The van der Waals surface area contributed by atoms with Gasteiger partial charge in [0.2, 0.25) is 17.2 Å². The number of benzene rings is 5. The number of fused-ring (bicyclic) bond motifs is 3. The van der Waals surface area contributed by atoms with Crippen molar-refractivity contribution in [3.8, 4) is 58.4 Å². The topological polar surface area (TPSA) is 221 Å². The Morgan fingerprint density at radius 2 is 0.833 bits per heavy atom. The van der Waals surface area contributed by atoms with E-state index < -0.39 is 137 Å². The van der Waals surface area contributed by atoms with Crippen molar-refractivity contribution in [1.29, 1.82) is 21.0 Å². The molecule has 340 valence electrons. The Hall–Kier alpha value is -11.1. The highest BCUT2D eigenvalue weighted by molar-refractivity contribution is 5.82. The van der Waals surface area contributed by atoms with E-state index in [0.29, 0.717) is 0 Å². The summed E-state index contributed by atoms with van der Waals surface area (Å²) in [6, 6.07) is 13.9. The summed E-state index contributed by atoms with van der Waals surface area (Å²) in [7, 11) is 0. The van der Waals surface area contributed by atoms with Crippen LogP contribution in [0.1, 0.15) is 22.3 Å². The lowest BCUT2D eigenvalue weighted by Gasteiger charge is -2.11. The number of allylic oxidation sites excluding steroid dienone is 2. The number of rotatable bonds is 5. The van der Waals surface area contributed by atoms with Gasteiger partial charge in [0.15, 0.2) is 87.3 Å². The average Bonchev–Trinajstić information content (AvgIpc) is 4.15. The van der Waals surface area contributed by atoms with Crippen molar-refractivity contribution in [2.24, 2.45) is 30.0 Å². The van der Waals surface area contributed by atoms with E-state index in [4.69, 9.17) is 19.7 Å². The largest absolute Gasteiger partial charge is 0.305 e. The highest BCUT2D eigenvalue weighted by Crippen LogP contribution is 2.35. The third-order valence-electron chi connectivity index (χ3n) is 10.5. The number of hydrogen-bond acceptors (Lipinski definition) is 13. The molecule has 3 aliphatic rings. The summed E-state index contributed by atoms with van der Waals surface area (Å²) in [6.45, 7) is 23.0. The summed E-state index contributed by atoms with van der Waals surface area (Å²) in [4.78, 5) is 47.3. The second-order valence-corrected chi connectivity index (χ2v) is 14.2. The maximum Gasteiger partial charge on any atom is 0.305 e. The zero-order valence-corrected chi connectivity index (χ0v) is 34.4. The number of aromatic nitrogens is 3. The fraction of sp³-hybridized carbons (Fsp3) is 0. The van der Waals surface area contributed by atoms with Gasteiger partial charge in [-0.15, -0.1) is 0 Å². The van der Waals surface area contributed by atoms with Gasteiger partial charge < -0.3 is 0 Å². The van der Waals surface area contributed by atoms with Gasteiger partial charge in [-0.3, -0.25) is 0 Å². The third-order valence-corrected chi connectivity index (χ3v) is 10.5. The average molecular weight is 973 g/mol. The first-order chi connectivity index (χ1) is 34.5. The Morgan fingerprint density at radius 3 is 1.28 bits per heavy atom. The molecule has 5 aromatic carbocycles. The molecule has 0 radical (unpaired) electrons. The monoisotopic (exact) mass is 972 g/mol. The van der Waals surface area contributed by atoms with Gasteiger partial charge in [-0.25, -0.2) is 109 Å². The quantitative estimate of drug-likeness (QED) is 0.0652. The number of halogens is 10. The van der Waals surface area contributed by atoms with E-state index in [0.717, 1.165) is 18.2 Å². The molecule has 6 aromatic rings. The normalized spacial score (nSPS) is 14.5. The minimum Gasteiger partial charge on any atom is -0.239 e. The summed E-state index contributed by atoms with van der Waals surface area (Å²) in [5.74, 6) is -27.5. The molecule has 1 aromatic heterocycles. The molecular weight excluding hydrogens is 967 g/mol. The van der Waals surface area contributed by atoms with Crippen molar-refractivity contribution >= 4 is 17.0 Å². The van der Waals surface area contributed by atoms with Crippen LogP contribution in [0.25, 0.3) is 60.0 Å². The van der Waals surface area contributed by atoms with Crippen molar-refractivity contribution in [2.45, 2.75) is 0 Å². The van der Waals surface area contributed by atoms with Gasteiger partial charge in [0.25, 0.3) is 0 Å². The molecule has 0 saturated carbocycles. The number of hydrogen-bond donors (Lipinski definition) is 0. The summed E-state index contributed by atoms with van der Waals surface area (Å²) < 4.78 is 145. The number of nitriles is 4. The lowest BCUT2D eigenvalue weighted by molar-refractivity contribution is 0.376. The standard InChI is InChI=1S/C46H6F10N16/c1-61-23(13-60)45-65-20-7-4-14(17(10-57)36(20)67-45)41-70-42(15-5-8-21-37(18(15)11-58)68-46(66-21)40(63-3)25-28(49)32(53)35(56)33(54)29(25)50)72-43(71-41)16-6-9-22-39(38(16)62-2)69-44(64-22)19(12-59)24-26(47)30(51)34(55)31(52)27(24)48/h4-9H/b44-19+,45-23+,46-40-.